The van der Waals surface area contributed by atoms with Crippen LogP contribution in [-0.2, 0) is 11.3 Å². The maximum atomic E-state index is 14.9. The summed E-state index contributed by atoms with van der Waals surface area (Å²) < 4.78 is 14.9. The molecule has 2 aromatic rings. The van der Waals surface area contributed by atoms with Gasteiger partial charge in [0.1, 0.15) is 11.9 Å². The second kappa shape index (κ2) is 7.92. The number of phenolic OH excluding ortho intramolecular Hbond substituents is 1. The molecule has 2 aromatic carbocycles. The predicted octanol–water partition coefficient (Wildman–Crippen LogP) is 3.63. The van der Waals surface area contributed by atoms with Gasteiger partial charge in [0, 0.05) is 25.6 Å². The Balaban J connectivity index is 1.38. The SMILES string of the molecule is Cc1ccccc1CN1CCC(N2CCC(c3ccc(O)cc3)C(F)C2)C1=O. The molecule has 0 aromatic heterocycles. The summed E-state index contributed by atoms with van der Waals surface area (Å²) in [5.41, 5.74) is 3.28. The van der Waals surface area contributed by atoms with Crippen molar-refractivity contribution < 1.29 is 14.3 Å². The van der Waals surface area contributed by atoms with E-state index in [1.807, 2.05) is 21.9 Å². The number of benzene rings is 2. The lowest BCUT2D eigenvalue weighted by molar-refractivity contribution is -0.133. The van der Waals surface area contributed by atoms with E-state index in [0.717, 1.165) is 25.1 Å². The second-order valence-corrected chi connectivity index (χ2v) is 7.99. The van der Waals surface area contributed by atoms with Gasteiger partial charge in [0.2, 0.25) is 5.91 Å². The zero-order chi connectivity index (χ0) is 19.7. The molecule has 4 nitrogen and oxygen atoms in total. The van der Waals surface area contributed by atoms with Crippen molar-refractivity contribution >= 4 is 5.91 Å². The molecule has 148 valence electrons. The van der Waals surface area contributed by atoms with Gasteiger partial charge in [0.25, 0.3) is 0 Å². The molecule has 0 aliphatic carbocycles. The zero-order valence-electron chi connectivity index (χ0n) is 16.2. The van der Waals surface area contributed by atoms with Gasteiger partial charge < -0.3 is 10.0 Å². The van der Waals surface area contributed by atoms with Crippen molar-refractivity contribution in [2.75, 3.05) is 19.6 Å². The van der Waals surface area contributed by atoms with Crippen molar-refractivity contribution in [1.29, 1.82) is 0 Å². The smallest absolute Gasteiger partial charge is 0.240 e. The van der Waals surface area contributed by atoms with Gasteiger partial charge in [0.05, 0.1) is 6.04 Å². The second-order valence-electron chi connectivity index (χ2n) is 7.99. The van der Waals surface area contributed by atoms with E-state index in [0.29, 0.717) is 19.5 Å². The van der Waals surface area contributed by atoms with Crippen LogP contribution in [-0.4, -0.2) is 52.7 Å². The Morgan fingerprint density at radius 3 is 2.54 bits per heavy atom. The molecule has 0 saturated carbocycles. The summed E-state index contributed by atoms with van der Waals surface area (Å²) in [4.78, 5) is 16.9. The van der Waals surface area contributed by atoms with Crippen LogP contribution in [0.3, 0.4) is 0 Å². The van der Waals surface area contributed by atoms with Crippen LogP contribution in [0.25, 0.3) is 0 Å². The molecule has 0 bridgehead atoms. The molecule has 3 unspecified atom stereocenters. The van der Waals surface area contributed by atoms with Crippen LogP contribution in [0.1, 0.15) is 35.4 Å². The van der Waals surface area contributed by atoms with Crippen molar-refractivity contribution in [1.82, 2.24) is 9.80 Å². The molecule has 2 heterocycles. The summed E-state index contributed by atoms with van der Waals surface area (Å²) in [6, 6.07) is 14.8. The van der Waals surface area contributed by atoms with Gasteiger partial charge in [-0.05, 0) is 55.1 Å². The number of likely N-dealkylation sites (tertiary alicyclic amines) is 2. The fourth-order valence-electron chi connectivity index (χ4n) is 4.52. The normalized spacial score (nSPS) is 26.0. The average molecular weight is 382 g/mol. The summed E-state index contributed by atoms with van der Waals surface area (Å²) >= 11 is 0. The number of aromatic hydroxyl groups is 1. The topological polar surface area (TPSA) is 43.8 Å². The lowest BCUT2D eigenvalue weighted by atomic mass is 9.87. The number of nitrogens with zero attached hydrogens (tertiary/aromatic N) is 2. The van der Waals surface area contributed by atoms with E-state index in [-0.39, 0.29) is 23.6 Å². The summed E-state index contributed by atoms with van der Waals surface area (Å²) in [5.74, 6) is 0.150. The number of halogens is 1. The highest BCUT2D eigenvalue weighted by Crippen LogP contribution is 2.33. The lowest BCUT2D eigenvalue weighted by Crippen LogP contribution is -2.49. The van der Waals surface area contributed by atoms with Gasteiger partial charge in [-0.1, -0.05) is 36.4 Å². The number of piperidine rings is 1. The minimum absolute atomic E-state index is 0.124. The Morgan fingerprint density at radius 1 is 1.07 bits per heavy atom. The highest BCUT2D eigenvalue weighted by molar-refractivity contribution is 5.84. The number of aryl methyl sites for hydroxylation is 1. The first-order valence-electron chi connectivity index (χ1n) is 10.0. The number of rotatable bonds is 4. The van der Waals surface area contributed by atoms with Gasteiger partial charge in [-0.15, -0.1) is 0 Å². The standard InChI is InChI=1S/C23H27FN2O2/c1-16-4-2-3-5-18(16)14-26-13-11-22(23(26)28)25-12-10-20(21(24)15-25)17-6-8-19(27)9-7-17/h2-9,20-22,27H,10-15H2,1H3. The maximum Gasteiger partial charge on any atom is 0.240 e. The molecule has 1 amide bonds. The van der Waals surface area contributed by atoms with Crippen molar-refractivity contribution in [3.05, 3.63) is 65.2 Å². The lowest BCUT2D eigenvalue weighted by Gasteiger charge is -2.37. The third kappa shape index (κ3) is 3.76. The molecule has 5 heteroatoms. The van der Waals surface area contributed by atoms with Gasteiger partial charge in [0.15, 0.2) is 0 Å². The van der Waals surface area contributed by atoms with Gasteiger partial charge in [-0.3, -0.25) is 9.69 Å². The third-order valence-corrected chi connectivity index (χ3v) is 6.23. The van der Waals surface area contributed by atoms with Crippen molar-refractivity contribution in [2.24, 2.45) is 0 Å². The van der Waals surface area contributed by atoms with E-state index in [1.54, 1.807) is 24.3 Å². The van der Waals surface area contributed by atoms with Crippen LogP contribution in [0.2, 0.25) is 0 Å². The molecule has 0 spiro atoms. The number of phenols is 1. The Hall–Kier alpha value is -2.40. The molecule has 2 saturated heterocycles. The Morgan fingerprint density at radius 2 is 1.82 bits per heavy atom. The predicted molar refractivity (Wildman–Crippen MR) is 107 cm³/mol. The molecule has 0 radical (unpaired) electrons. The number of hydrogen-bond acceptors (Lipinski definition) is 3. The number of alkyl halides is 1. The van der Waals surface area contributed by atoms with Crippen LogP contribution in [0.15, 0.2) is 48.5 Å². The number of amides is 1. The molecule has 28 heavy (non-hydrogen) atoms. The monoisotopic (exact) mass is 382 g/mol. The number of carbonyl (C=O) groups is 1. The summed E-state index contributed by atoms with van der Waals surface area (Å²) in [7, 11) is 0. The Bertz CT molecular complexity index is 839. The van der Waals surface area contributed by atoms with Gasteiger partial charge in [-0.2, -0.15) is 0 Å². The van der Waals surface area contributed by atoms with Crippen LogP contribution < -0.4 is 0 Å². The first-order chi connectivity index (χ1) is 13.5. The highest BCUT2D eigenvalue weighted by Gasteiger charge is 2.40. The molecule has 1 N–H and O–H groups in total. The third-order valence-electron chi connectivity index (χ3n) is 6.23. The largest absolute Gasteiger partial charge is 0.508 e. The molecule has 3 atom stereocenters. The van der Waals surface area contributed by atoms with E-state index < -0.39 is 6.17 Å². The summed E-state index contributed by atoms with van der Waals surface area (Å²) in [6.45, 7) is 4.44. The van der Waals surface area contributed by atoms with Crippen LogP contribution in [0, 0.1) is 6.92 Å². The van der Waals surface area contributed by atoms with E-state index in [4.69, 9.17) is 0 Å². The molecular weight excluding hydrogens is 355 g/mol. The van der Waals surface area contributed by atoms with E-state index in [2.05, 4.69) is 19.1 Å². The molecule has 4 rings (SSSR count). The minimum Gasteiger partial charge on any atom is -0.508 e. The van der Waals surface area contributed by atoms with Crippen molar-refractivity contribution in [2.45, 2.75) is 44.4 Å². The van der Waals surface area contributed by atoms with Crippen LogP contribution in [0.4, 0.5) is 4.39 Å². The van der Waals surface area contributed by atoms with Crippen LogP contribution >= 0.6 is 0 Å². The minimum atomic E-state index is -1.00. The summed E-state index contributed by atoms with van der Waals surface area (Å²) in [5, 5.41) is 9.44. The highest BCUT2D eigenvalue weighted by atomic mass is 19.1. The first kappa shape index (κ1) is 18.9. The van der Waals surface area contributed by atoms with Crippen molar-refractivity contribution in [3.8, 4) is 5.75 Å². The molecule has 2 fully saturated rings. The maximum absolute atomic E-state index is 14.9. The average Bonchev–Trinajstić information content (AvgIpc) is 3.05. The van der Waals surface area contributed by atoms with Gasteiger partial charge in [-0.25, -0.2) is 4.39 Å². The van der Waals surface area contributed by atoms with Gasteiger partial charge >= 0.3 is 0 Å². The fraction of sp³-hybridized carbons (Fsp3) is 0.435. The Kier molecular flexibility index (Phi) is 5.36. The van der Waals surface area contributed by atoms with E-state index >= 15 is 0 Å². The molecular formula is C23H27FN2O2. The van der Waals surface area contributed by atoms with Crippen LogP contribution in [0.5, 0.6) is 5.75 Å². The fourth-order valence-corrected chi connectivity index (χ4v) is 4.52. The Labute approximate surface area is 165 Å². The van der Waals surface area contributed by atoms with E-state index in [9.17, 15) is 14.3 Å². The van der Waals surface area contributed by atoms with Crippen molar-refractivity contribution in [3.63, 3.8) is 0 Å². The number of hydrogen-bond donors (Lipinski definition) is 1. The first-order valence-corrected chi connectivity index (χ1v) is 10.0. The molecule has 2 aliphatic rings. The zero-order valence-corrected chi connectivity index (χ0v) is 16.2. The van der Waals surface area contributed by atoms with E-state index in [1.165, 1.54) is 11.1 Å². The molecule has 2 aliphatic heterocycles. The summed E-state index contributed by atoms with van der Waals surface area (Å²) in [6.07, 6.45) is 0.450. The number of carbonyl (C=O) groups excluding carboxylic acids is 1. The quantitative estimate of drug-likeness (QED) is 0.878.